The second-order valence-corrected chi connectivity index (χ2v) is 1.74. The highest BCUT2D eigenvalue weighted by Gasteiger charge is 1.82. The monoisotopic (exact) mass is 124 g/mol. The predicted molar refractivity (Wildman–Crippen MR) is 34.8 cm³/mol. The largest absolute Gasteiger partial charge is 0.472 e. The zero-order valence-electron chi connectivity index (χ0n) is 5.27. The van der Waals surface area contributed by atoms with E-state index in [0.717, 1.165) is 5.57 Å². The molecule has 48 valence electrons. The Hall–Kier alpha value is -1.23. The molecule has 0 aliphatic carbocycles. The molecule has 0 atom stereocenters. The fourth-order valence-electron chi connectivity index (χ4n) is 0.271. The number of allylic oxidation sites excluding steroid dienone is 1. The summed E-state index contributed by atoms with van der Waals surface area (Å²) in [5.41, 5.74) is 0.878. The Morgan fingerprint density at radius 2 is 2.33 bits per heavy atom. The van der Waals surface area contributed by atoms with Gasteiger partial charge < -0.3 is 5.11 Å². The molecule has 0 bridgehead atoms. The molecule has 0 amide bonds. The molecule has 0 aliphatic rings. The molecule has 0 radical (unpaired) electrons. The topological polar surface area (TPSA) is 37.3 Å². The molecule has 2 heteroatoms. The number of carboxylic acid groups (broad SMARTS) is 1. The Labute approximate surface area is 54.2 Å². The van der Waals surface area contributed by atoms with E-state index in [1.807, 2.05) is 5.92 Å². The van der Waals surface area contributed by atoms with Gasteiger partial charge in [-0.25, -0.2) is 4.79 Å². The molecule has 9 heavy (non-hydrogen) atoms. The maximum Gasteiger partial charge on any atom is 0.381 e. The Balaban J connectivity index is 3.63. The Morgan fingerprint density at radius 1 is 1.78 bits per heavy atom. The SMILES string of the molecule is C=C(C)CC#CC(=O)O. The van der Waals surface area contributed by atoms with Gasteiger partial charge in [-0.1, -0.05) is 18.1 Å². The standard InChI is InChI=1S/C7H8O2/c1-6(2)4-3-5-7(8)9/h1,4H2,2H3,(H,8,9). The van der Waals surface area contributed by atoms with Gasteiger partial charge in [0.15, 0.2) is 0 Å². The summed E-state index contributed by atoms with van der Waals surface area (Å²) in [5.74, 6) is 3.33. The lowest BCUT2D eigenvalue weighted by Crippen LogP contribution is -1.86. The molecule has 0 heterocycles. The average Bonchev–Trinajstić information content (AvgIpc) is 1.63. The van der Waals surface area contributed by atoms with E-state index in [1.165, 1.54) is 0 Å². The summed E-state index contributed by atoms with van der Waals surface area (Å²) < 4.78 is 0. The summed E-state index contributed by atoms with van der Waals surface area (Å²) in [4.78, 5) is 9.78. The fourth-order valence-corrected chi connectivity index (χ4v) is 0.271. The van der Waals surface area contributed by atoms with Crippen LogP contribution in [0, 0.1) is 11.8 Å². The molecule has 0 unspecified atom stereocenters. The zero-order valence-corrected chi connectivity index (χ0v) is 5.27. The highest BCUT2D eigenvalue weighted by Crippen LogP contribution is 1.90. The normalized spacial score (nSPS) is 7.22. The highest BCUT2D eigenvalue weighted by atomic mass is 16.4. The van der Waals surface area contributed by atoms with Crippen LogP contribution < -0.4 is 0 Å². The van der Waals surface area contributed by atoms with Gasteiger partial charge >= 0.3 is 5.97 Å². The number of aliphatic carboxylic acids is 1. The maximum atomic E-state index is 9.78. The van der Waals surface area contributed by atoms with Crippen molar-refractivity contribution in [1.29, 1.82) is 0 Å². The van der Waals surface area contributed by atoms with Gasteiger partial charge in [-0.05, 0) is 6.92 Å². The molecule has 0 aromatic carbocycles. The number of hydrogen-bond acceptors (Lipinski definition) is 1. The summed E-state index contributed by atoms with van der Waals surface area (Å²) in [6, 6.07) is 0. The third kappa shape index (κ3) is 6.77. The van der Waals surface area contributed by atoms with Crippen molar-refractivity contribution < 1.29 is 9.90 Å². The number of carbonyl (C=O) groups is 1. The Kier molecular flexibility index (Phi) is 3.22. The Morgan fingerprint density at radius 3 is 2.67 bits per heavy atom. The molecule has 2 nitrogen and oxygen atoms in total. The number of rotatable bonds is 1. The van der Waals surface area contributed by atoms with Gasteiger partial charge in [0.1, 0.15) is 0 Å². The maximum absolute atomic E-state index is 9.78. The average molecular weight is 124 g/mol. The third-order valence-corrected chi connectivity index (χ3v) is 0.585. The van der Waals surface area contributed by atoms with Crippen LogP contribution in [0.25, 0.3) is 0 Å². The zero-order chi connectivity index (χ0) is 7.28. The van der Waals surface area contributed by atoms with E-state index in [4.69, 9.17) is 5.11 Å². The van der Waals surface area contributed by atoms with Crippen molar-refractivity contribution in [2.75, 3.05) is 0 Å². The van der Waals surface area contributed by atoms with Gasteiger partial charge in [-0.2, -0.15) is 0 Å². The Bertz CT molecular complexity index is 181. The molecule has 0 fully saturated rings. The molecule has 0 aromatic heterocycles. The van der Waals surface area contributed by atoms with E-state index >= 15 is 0 Å². The second kappa shape index (κ2) is 3.73. The van der Waals surface area contributed by atoms with Gasteiger partial charge in [-0.3, -0.25) is 0 Å². The first-order valence-corrected chi connectivity index (χ1v) is 2.49. The first kappa shape index (κ1) is 7.77. The summed E-state index contributed by atoms with van der Waals surface area (Å²) in [6.45, 7) is 5.36. The van der Waals surface area contributed by atoms with E-state index in [9.17, 15) is 4.79 Å². The van der Waals surface area contributed by atoms with E-state index in [1.54, 1.807) is 6.92 Å². The van der Waals surface area contributed by atoms with Crippen molar-refractivity contribution in [1.82, 2.24) is 0 Å². The fraction of sp³-hybridized carbons (Fsp3) is 0.286. The van der Waals surface area contributed by atoms with Crippen LogP contribution in [0.5, 0.6) is 0 Å². The van der Waals surface area contributed by atoms with E-state index in [2.05, 4.69) is 12.5 Å². The summed E-state index contributed by atoms with van der Waals surface area (Å²) in [6.07, 6.45) is 0.465. The van der Waals surface area contributed by atoms with Gasteiger partial charge in [0.05, 0.1) is 0 Å². The molecule has 0 aliphatic heterocycles. The number of hydrogen-bond donors (Lipinski definition) is 1. The van der Waals surface area contributed by atoms with Crippen LogP contribution in [0.3, 0.4) is 0 Å². The lowest BCUT2D eigenvalue weighted by atomic mass is 10.2. The number of carboxylic acids is 1. The van der Waals surface area contributed by atoms with Crippen LogP contribution in [-0.2, 0) is 4.79 Å². The van der Waals surface area contributed by atoms with Crippen molar-refractivity contribution in [3.05, 3.63) is 12.2 Å². The lowest BCUT2D eigenvalue weighted by molar-refractivity contribution is -0.130. The molecule has 0 saturated carbocycles. The van der Waals surface area contributed by atoms with Crippen LogP contribution in [0.1, 0.15) is 13.3 Å². The highest BCUT2D eigenvalue weighted by molar-refractivity contribution is 5.86. The molecule has 0 spiro atoms. The smallest absolute Gasteiger partial charge is 0.381 e. The summed E-state index contributed by atoms with van der Waals surface area (Å²) in [7, 11) is 0. The summed E-state index contributed by atoms with van der Waals surface area (Å²) >= 11 is 0. The summed E-state index contributed by atoms with van der Waals surface area (Å²) in [5, 5.41) is 8.02. The van der Waals surface area contributed by atoms with Crippen molar-refractivity contribution in [3.63, 3.8) is 0 Å². The second-order valence-electron chi connectivity index (χ2n) is 1.74. The van der Waals surface area contributed by atoms with Gasteiger partial charge in [0.2, 0.25) is 0 Å². The first-order chi connectivity index (χ1) is 4.13. The molecule has 1 N–H and O–H groups in total. The predicted octanol–water partition coefficient (Wildman–Crippen LogP) is 1.04. The van der Waals surface area contributed by atoms with Crippen molar-refractivity contribution in [3.8, 4) is 11.8 Å². The van der Waals surface area contributed by atoms with E-state index in [0.29, 0.717) is 6.42 Å². The van der Waals surface area contributed by atoms with Gasteiger partial charge in [0, 0.05) is 12.3 Å². The minimum Gasteiger partial charge on any atom is -0.472 e. The molecule has 0 rings (SSSR count). The van der Waals surface area contributed by atoms with Crippen molar-refractivity contribution in [2.24, 2.45) is 0 Å². The van der Waals surface area contributed by atoms with Gasteiger partial charge in [0.25, 0.3) is 0 Å². The minimum atomic E-state index is -1.09. The lowest BCUT2D eigenvalue weighted by Gasteiger charge is -1.81. The van der Waals surface area contributed by atoms with Crippen LogP contribution >= 0.6 is 0 Å². The molecule has 0 aromatic rings. The minimum absolute atomic E-state index is 0.465. The third-order valence-electron chi connectivity index (χ3n) is 0.585. The van der Waals surface area contributed by atoms with Crippen molar-refractivity contribution in [2.45, 2.75) is 13.3 Å². The van der Waals surface area contributed by atoms with Crippen LogP contribution in [0.2, 0.25) is 0 Å². The van der Waals surface area contributed by atoms with E-state index in [-0.39, 0.29) is 0 Å². The molecule has 0 saturated heterocycles. The molecular formula is C7H8O2. The van der Waals surface area contributed by atoms with Crippen molar-refractivity contribution >= 4 is 5.97 Å². The van der Waals surface area contributed by atoms with Crippen LogP contribution in [0.15, 0.2) is 12.2 Å². The van der Waals surface area contributed by atoms with Crippen LogP contribution in [-0.4, -0.2) is 11.1 Å². The van der Waals surface area contributed by atoms with Crippen LogP contribution in [0.4, 0.5) is 0 Å². The van der Waals surface area contributed by atoms with Gasteiger partial charge in [-0.15, -0.1) is 0 Å². The van der Waals surface area contributed by atoms with E-state index < -0.39 is 5.97 Å². The quantitative estimate of drug-likeness (QED) is 0.419. The molecular weight excluding hydrogens is 116 g/mol. The first-order valence-electron chi connectivity index (χ1n) is 2.49.